The number of pyridine rings is 1. The summed E-state index contributed by atoms with van der Waals surface area (Å²) in [5.74, 6) is 2.13. The van der Waals surface area contributed by atoms with E-state index in [1.807, 2.05) is 18.0 Å². The summed E-state index contributed by atoms with van der Waals surface area (Å²) < 4.78 is 2.12. The number of hydrogen-bond donors (Lipinski definition) is 0. The molecule has 0 radical (unpaired) electrons. The minimum absolute atomic E-state index is 0.910. The van der Waals surface area contributed by atoms with Crippen molar-refractivity contribution in [3.8, 4) is 0 Å². The average molecular weight is 351 g/mol. The molecule has 1 saturated carbocycles. The Kier molecular flexibility index (Phi) is 4.52. The number of thioether (sulfide) groups is 1. The summed E-state index contributed by atoms with van der Waals surface area (Å²) in [6, 6.07) is 2.06. The smallest absolute Gasteiger partial charge is 0.110 e. The van der Waals surface area contributed by atoms with Crippen LogP contribution in [-0.4, -0.2) is 10.7 Å². The Balaban J connectivity index is 1.92. The molecule has 0 bridgehead atoms. The van der Waals surface area contributed by atoms with Crippen LogP contribution in [0.5, 0.6) is 0 Å². The molecule has 2 rings (SSSR count). The van der Waals surface area contributed by atoms with E-state index in [0.717, 1.165) is 19.9 Å². The van der Waals surface area contributed by atoms with Gasteiger partial charge in [0.25, 0.3) is 0 Å². The van der Waals surface area contributed by atoms with Crippen LogP contribution in [0.3, 0.4) is 0 Å². The maximum absolute atomic E-state index is 4.41. The highest BCUT2D eigenvalue weighted by atomic mass is 79.9. The molecule has 0 spiro atoms. The van der Waals surface area contributed by atoms with Gasteiger partial charge < -0.3 is 0 Å². The van der Waals surface area contributed by atoms with Gasteiger partial charge in [0.05, 0.1) is 4.47 Å². The fraction of sp³-hybridized carbons (Fsp3) is 0.545. The van der Waals surface area contributed by atoms with Gasteiger partial charge in [0, 0.05) is 16.4 Å². The molecule has 1 nitrogen and oxygen atoms in total. The molecule has 0 aromatic carbocycles. The average Bonchev–Trinajstić information content (AvgIpc) is 2.69. The zero-order chi connectivity index (χ0) is 10.7. The molecule has 82 valence electrons. The number of halogens is 2. The third-order valence-corrected chi connectivity index (χ3v) is 5.24. The minimum Gasteiger partial charge on any atom is -0.248 e. The third-order valence-electron chi connectivity index (χ3n) is 2.70. The highest BCUT2D eigenvalue weighted by Gasteiger charge is 2.15. The second-order valence-corrected chi connectivity index (χ2v) is 6.68. The van der Waals surface area contributed by atoms with E-state index in [1.165, 1.54) is 31.4 Å². The van der Waals surface area contributed by atoms with Crippen LogP contribution in [0.2, 0.25) is 0 Å². The predicted octanol–water partition coefficient (Wildman–Crippen LogP) is 4.89. The lowest BCUT2D eigenvalue weighted by Crippen LogP contribution is -1.97. The Morgan fingerprint density at radius 2 is 2.07 bits per heavy atom. The van der Waals surface area contributed by atoms with Crippen molar-refractivity contribution in [2.24, 2.45) is 5.92 Å². The van der Waals surface area contributed by atoms with Gasteiger partial charge >= 0.3 is 0 Å². The monoisotopic (exact) mass is 349 g/mol. The summed E-state index contributed by atoms with van der Waals surface area (Å²) in [5, 5.41) is 1.12. The first kappa shape index (κ1) is 11.9. The van der Waals surface area contributed by atoms with Crippen LogP contribution in [-0.2, 0) is 0 Å². The topological polar surface area (TPSA) is 12.9 Å². The molecule has 1 aliphatic rings. The van der Waals surface area contributed by atoms with E-state index in [-0.39, 0.29) is 0 Å². The van der Waals surface area contributed by atoms with Crippen molar-refractivity contribution in [2.75, 3.05) is 5.75 Å². The maximum Gasteiger partial charge on any atom is 0.110 e. The van der Waals surface area contributed by atoms with Gasteiger partial charge in [-0.1, -0.05) is 12.8 Å². The van der Waals surface area contributed by atoms with Crippen molar-refractivity contribution in [3.05, 3.63) is 21.2 Å². The zero-order valence-corrected chi connectivity index (χ0v) is 12.4. The van der Waals surface area contributed by atoms with Crippen LogP contribution < -0.4 is 0 Å². The van der Waals surface area contributed by atoms with Gasteiger partial charge in [-0.3, -0.25) is 0 Å². The van der Waals surface area contributed by atoms with Crippen molar-refractivity contribution < 1.29 is 0 Å². The van der Waals surface area contributed by atoms with Crippen LogP contribution in [0, 0.1) is 5.92 Å². The number of rotatable bonds is 3. The van der Waals surface area contributed by atoms with E-state index in [2.05, 4.69) is 42.9 Å². The number of nitrogens with zero attached hydrogens (tertiary/aromatic N) is 1. The highest BCUT2D eigenvalue weighted by molar-refractivity contribution is 9.11. The predicted molar refractivity (Wildman–Crippen MR) is 72.3 cm³/mol. The molecule has 15 heavy (non-hydrogen) atoms. The van der Waals surface area contributed by atoms with Crippen molar-refractivity contribution in [2.45, 2.75) is 30.7 Å². The van der Waals surface area contributed by atoms with Crippen molar-refractivity contribution in [3.63, 3.8) is 0 Å². The quantitative estimate of drug-likeness (QED) is 0.720. The summed E-state index contributed by atoms with van der Waals surface area (Å²) in [6.45, 7) is 0. The van der Waals surface area contributed by atoms with Gasteiger partial charge in [-0.15, -0.1) is 11.8 Å². The fourth-order valence-electron chi connectivity index (χ4n) is 1.88. The van der Waals surface area contributed by atoms with Gasteiger partial charge in [-0.25, -0.2) is 4.98 Å². The van der Waals surface area contributed by atoms with Gasteiger partial charge in [0.1, 0.15) is 5.03 Å². The van der Waals surface area contributed by atoms with Crippen LogP contribution in [0.15, 0.2) is 26.2 Å². The standard InChI is InChI=1S/C11H13Br2NS/c12-9-5-10(13)11(14-6-9)15-7-8-3-1-2-4-8/h5-6,8H,1-4,7H2. The largest absolute Gasteiger partial charge is 0.248 e. The van der Waals surface area contributed by atoms with Crippen LogP contribution in [0.1, 0.15) is 25.7 Å². The van der Waals surface area contributed by atoms with Gasteiger partial charge in [0.15, 0.2) is 0 Å². The Morgan fingerprint density at radius 3 is 2.73 bits per heavy atom. The molecule has 1 aliphatic carbocycles. The first-order valence-electron chi connectivity index (χ1n) is 5.19. The summed E-state index contributed by atoms with van der Waals surface area (Å²) >= 11 is 8.83. The Morgan fingerprint density at radius 1 is 1.33 bits per heavy atom. The molecule has 0 unspecified atom stereocenters. The van der Waals surface area contributed by atoms with Crippen molar-refractivity contribution in [1.29, 1.82) is 0 Å². The van der Waals surface area contributed by atoms with E-state index < -0.39 is 0 Å². The number of aromatic nitrogens is 1. The first-order valence-corrected chi connectivity index (χ1v) is 7.76. The molecular weight excluding hydrogens is 338 g/mol. The third kappa shape index (κ3) is 3.46. The van der Waals surface area contributed by atoms with E-state index >= 15 is 0 Å². The molecule has 0 amide bonds. The van der Waals surface area contributed by atoms with E-state index in [9.17, 15) is 0 Å². The zero-order valence-electron chi connectivity index (χ0n) is 8.38. The molecule has 4 heteroatoms. The molecule has 1 aromatic rings. The Bertz CT molecular complexity index is 337. The van der Waals surface area contributed by atoms with Gasteiger partial charge in [-0.2, -0.15) is 0 Å². The van der Waals surface area contributed by atoms with Gasteiger partial charge in [-0.05, 0) is 56.7 Å². The van der Waals surface area contributed by atoms with Crippen LogP contribution in [0.25, 0.3) is 0 Å². The maximum atomic E-state index is 4.41. The van der Waals surface area contributed by atoms with E-state index in [4.69, 9.17) is 0 Å². The second kappa shape index (κ2) is 5.69. The van der Waals surface area contributed by atoms with Crippen LogP contribution >= 0.6 is 43.6 Å². The SMILES string of the molecule is Brc1cnc(SCC2CCCC2)c(Br)c1. The summed E-state index contributed by atoms with van der Waals surface area (Å²) in [6.07, 6.45) is 7.50. The fourth-order valence-corrected chi connectivity index (χ4v) is 4.26. The highest BCUT2D eigenvalue weighted by Crippen LogP contribution is 2.33. The molecular formula is C11H13Br2NS. The molecule has 1 fully saturated rings. The first-order chi connectivity index (χ1) is 7.25. The Hall–Kier alpha value is 0.460. The van der Waals surface area contributed by atoms with Gasteiger partial charge in [0.2, 0.25) is 0 Å². The lowest BCUT2D eigenvalue weighted by molar-refractivity contribution is 0.623. The normalized spacial score (nSPS) is 17.2. The second-order valence-electron chi connectivity index (χ2n) is 3.90. The molecule has 1 heterocycles. The summed E-state index contributed by atoms with van der Waals surface area (Å²) in [5.41, 5.74) is 0. The van der Waals surface area contributed by atoms with E-state index in [0.29, 0.717) is 0 Å². The van der Waals surface area contributed by atoms with E-state index in [1.54, 1.807) is 0 Å². The molecule has 0 N–H and O–H groups in total. The molecule has 0 aliphatic heterocycles. The Labute approximate surface area is 112 Å². The summed E-state index contributed by atoms with van der Waals surface area (Å²) in [7, 11) is 0. The lowest BCUT2D eigenvalue weighted by atomic mass is 10.1. The molecule has 0 atom stereocenters. The molecule has 1 aromatic heterocycles. The molecule has 0 saturated heterocycles. The van der Waals surface area contributed by atoms with Crippen molar-refractivity contribution in [1.82, 2.24) is 4.98 Å². The number of hydrogen-bond acceptors (Lipinski definition) is 2. The van der Waals surface area contributed by atoms with Crippen molar-refractivity contribution >= 4 is 43.6 Å². The van der Waals surface area contributed by atoms with Crippen LogP contribution in [0.4, 0.5) is 0 Å². The summed E-state index contributed by atoms with van der Waals surface area (Å²) in [4.78, 5) is 4.41. The minimum atomic E-state index is 0.910. The lowest BCUT2D eigenvalue weighted by Gasteiger charge is -2.08.